The molecule has 2 aromatic heterocycles. The Bertz CT molecular complexity index is 1230. The highest BCUT2D eigenvalue weighted by molar-refractivity contribution is 8.18. The third kappa shape index (κ3) is 3.74. The van der Waals surface area contributed by atoms with E-state index in [1.165, 1.54) is 6.07 Å². The lowest BCUT2D eigenvalue weighted by Crippen LogP contribution is -2.17. The predicted octanol–water partition coefficient (Wildman–Crippen LogP) is 3.46. The zero-order valence-corrected chi connectivity index (χ0v) is 16.5. The molecule has 0 spiro atoms. The summed E-state index contributed by atoms with van der Waals surface area (Å²) in [7, 11) is 0. The summed E-state index contributed by atoms with van der Waals surface area (Å²) < 4.78 is 1.79. The number of hydrogen-bond donors (Lipinski definition) is 2. The molecule has 1 aromatic carbocycles. The quantitative estimate of drug-likeness (QED) is 0.611. The van der Waals surface area contributed by atoms with Crippen LogP contribution in [0.25, 0.3) is 17.2 Å². The van der Waals surface area contributed by atoms with Gasteiger partial charge in [-0.1, -0.05) is 23.7 Å². The second kappa shape index (κ2) is 7.34. The summed E-state index contributed by atoms with van der Waals surface area (Å²) >= 11 is 7.27. The molecule has 29 heavy (non-hydrogen) atoms. The first-order valence-corrected chi connectivity index (χ1v) is 9.62. The summed E-state index contributed by atoms with van der Waals surface area (Å²) in [5.74, 6) is -0.865. The first kappa shape index (κ1) is 19.2. The van der Waals surface area contributed by atoms with Gasteiger partial charge >= 0.3 is 5.97 Å². The van der Waals surface area contributed by atoms with Crippen molar-refractivity contribution in [3.8, 4) is 0 Å². The number of nitrogens with zero attached hydrogens (tertiary/aromatic N) is 3. The molecule has 0 bridgehead atoms. The maximum Gasteiger partial charge on any atom is 0.354 e. The molecular formula is C19H13ClN4O4S. The predicted molar refractivity (Wildman–Crippen MR) is 109 cm³/mol. The summed E-state index contributed by atoms with van der Waals surface area (Å²) in [5.41, 5.74) is 2.46. The van der Waals surface area contributed by atoms with Crippen LogP contribution in [0.5, 0.6) is 0 Å². The fourth-order valence-electron chi connectivity index (χ4n) is 2.95. The van der Waals surface area contributed by atoms with E-state index in [4.69, 9.17) is 11.6 Å². The van der Waals surface area contributed by atoms with Gasteiger partial charge in [-0.15, -0.1) is 0 Å². The van der Waals surface area contributed by atoms with Crippen molar-refractivity contribution in [1.29, 1.82) is 0 Å². The van der Waals surface area contributed by atoms with Gasteiger partial charge in [0.05, 0.1) is 11.4 Å². The van der Waals surface area contributed by atoms with Crippen molar-refractivity contribution >= 4 is 57.7 Å². The van der Waals surface area contributed by atoms with Gasteiger partial charge < -0.3 is 9.67 Å². The molecule has 0 saturated carbocycles. The van der Waals surface area contributed by atoms with Gasteiger partial charge in [0.1, 0.15) is 11.3 Å². The standard InChI is InChI=1S/C19H13ClN4O4S/c1-9-21-13-4-5-14(18(26)27)22-16(13)24(9)8-11-3-2-10(6-12(11)20)7-15-17(25)23-19(28)29-15/h2-7H,8H2,1H3,(H,26,27)(H,23,25,28). The van der Waals surface area contributed by atoms with Crippen molar-refractivity contribution in [1.82, 2.24) is 19.9 Å². The van der Waals surface area contributed by atoms with Crippen LogP contribution in [0.1, 0.15) is 27.4 Å². The van der Waals surface area contributed by atoms with Gasteiger partial charge in [0, 0.05) is 5.02 Å². The second-order valence-corrected chi connectivity index (χ2v) is 7.71. The van der Waals surface area contributed by atoms with Gasteiger partial charge in [-0.05, 0) is 54.1 Å². The van der Waals surface area contributed by atoms with Crippen molar-refractivity contribution in [2.45, 2.75) is 13.5 Å². The van der Waals surface area contributed by atoms with Crippen molar-refractivity contribution in [2.24, 2.45) is 0 Å². The van der Waals surface area contributed by atoms with Crippen LogP contribution in [0.15, 0.2) is 35.2 Å². The van der Waals surface area contributed by atoms with E-state index in [1.54, 1.807) is 34.9 Å². The summed E-state index contributed by atoms with van der Waals surface area (Å²) in [5, 5.41) is 11.5. The zero-order valence-electron chi connectivity index (χ0n) is 15.0. The molecule has 146 valence electrons. The number of imide groups is 1. The molecule has 4 rings (SSSR count). The summed E-state index contributed by atoms with van der Waals surface area (Å²) in [6.45, 7) is 2.16. The number of aryl methyl sites for hydroxylation is 1. The second-order valence-electron chi connectivity index (χ2n) is 6.29. The van der Waals surface area contributed by atoms with Gasteiger partial charge in [-0.3, -0.25) is 14.9 Å². The van der Waals surface area contributed by atoms with E-state index in [0.717, 1.165) is 17.3 Å². The molecule has 8 nitrogen and oxygen atoms in total. The molecule has 3 heterocycles. The number of hydrogen-bond acceptors (Lipinski definition) is 6. The molecule has 0 aliphatic carbocycles. The number of pyridine rings is 1. The highest BCUT2D eigenvalue weighted by atomic mass is 35.5. The van der Waals surface area contributed by atoms with Crippen LogP contribution < -0.4 is 5.32 Å². The van der Waals surface area contributed by atoms with Crippen LogP contribution >= 0.6 is 23.4 Å². The van der Waals surface area contributed by atoms with Crippen LogP contribution in [0.3, 0.4) is 0 Å². The van der Waals surface area contributed by atoms with Crippen LogP contribution in [-0.2, 0) is 11.3 Å². The highest BCUT2D eigenvalue weighted by Gasteiger charge is 2.25. The minimum atomic E-state index is -1.11. The smallest absolute Gasteiger partial charge is 0.354 e. The normalized spacial score (nSPS) is 15.3. The van der Waals surface area contributed by atoms with E-state index >= 15 is 0 Å². The van der Waals surface area contributed by atoms with Gasteiger partial charge in [-0.2, -0.15) is 0 Å². The molecule has 0 radical (unpaired) electrons. The van der Waals surface area contributed by atoms with Crippen molar-refractivity contribution in [3.63, 3.8) is 0 Å². The maximum absolute atomic E-state index is 11.7. The number of carboxylic acid groups (broad SMARTS) is 1. The summed E-state index contributed by atoms with van der Waals surface area (Å²) in [6.07, 6.45) is 1.60. The maximum atomic E-state index is 11.7. The molecule has 0 atom stereocenters. The Kier molecular flexibility index (Phi) is 4.85. The van der Waals surface area contributed by atoms with Crippen LogP contribution in [0.4, 0.5) is 4.79 Å². The van der Waals surface area contributed by atoms with Gasteiger partial charge in [-0.25, -0.2) is 14.8 Å². The summed E-state index contributed by atoms with van der Waals surface area (Å²) in [6, 6.07) is 8.33. The fraction of sp³-hybridized carbons (Fsp3) is 0.105. The van der Waals surface area contributed by atoms with Crippen LogP contribution in [-0.4, -0.2) is 36.8 Å². The molecule has 10 heteroatoms. The molecule has 1 aliphatic rings. The SMILES string of the molecule is Cc1nc2ccc(C(=O)O)nc2n1Cc1ccc(C=C2SC(=O)NC2=O)cc1Cl. The van der Waals surface area contributed by atoms with E-state index < -0.39 is 17.1 Å². The Hall–Kier alpha value is -3.17. The van der Waals surface area contributed by atoms with E-state index in [0.29, 0.717) is 39.0 Å². The minimum Gasteiger partial charge on any atom is -0.477 e. The van der Waals surface area contributed by atoms with E-state index in [-0.39, 0.29) is 5.69 Å². The number of carbonyl (C=O) groups is 3. The lowest BCUT2D eigenvalue weighted by molar-refractivity contribution is -0.115. The third-order valence-electron chi connectivity index (χ3n) is 4.35. The molecule has 0 unspecified atom stereocenters. The molecule has 2 amide bonds. The first-order valence-electron chi connectivity index (χ1n) is 8.42. The lowest BCUT2D eigenvalue weighted by Gasteiger charge is -2.09. The third-order valence-corrected chi connectivity index (χ3v) is 5.51. The number of carbonyl (C=O) groups excluding carboxylic acids is 2. The number of aromatic carboxylic acids is 1. The number of imidazole rings is 1. The number of carboxylic acids is 1. The number of rotatable bonds is 4. The number of benzene rings is 1. The van der Waals surface area contributed by atoms with E-state index in [2.05, 4.69) is 15.3 Å². The van der Waals surface area contributed by atoms with Crippen molar-refractivity contribution < 1.29 is 19.5 Å². The number of halogens is 1. The number of aromatic nitrogens is 3. The number of nitrogens with one attached hydrogen (secondary N) is 1. The Morgan fingerprint density at radius 3 is 2.72 bits per heavy atom. The average Bonchev–Trinajstić information content (AvgIpc) is 3.14. The Balaban J connectivity index is 1.67. The Morgan fingerprint density at radius 2 is 2.07 bits per heavy atom. The molecule has 1 aliphatic heterocycles. The van der Waals surface area contributed by atoms with E-state index in [9.17, 15) is 19.5 Å². The summed E-state index contributed by atoms with van der Waals surface area (Å²) in [4.78, 5) is 43.1. The number of fused-ring (bicyclic) bond motifs is 1. The first-order chi connectivity index (χ1) is 13.8. The van der Waals surface area contributed by atoms with Crippen molar-refractivity contribution in [3.05, 3.63) is 62.9 Å². The molecule has 1 saturated heterocycles. The Labute approximate surface area is 173 Å². The number of thioether (sulfide) groups is 1. The van der Waals surface area contributed by atoms with Crippen LogP contribution in [0.2, 0.25) is 5.02 Å². The highest BCUT2D eigenvalue weighted by Crippen LogP contribution is 2.28. The molecule has 3 aromatic rings. The average molecular weight is 429 g/mol. The van der Waals surface area contributed by atoms with Crippen LogP contribution in [0, 0.1) is 6.92 Å². The number of amides is 2. The van der Waals surface area contributed by atoms with E-state index in [1.807, 2.05) is 6.92 Å². The van der Waals surface area contributed by atoms with Crippen molar-refractivity contribution in [2.75, 3.05) is 0 Å². The molecular weight excluding hydrogens is 416 g/mol. The monoisotopic (exact) mass is 428 g/mol. The fourth-order valence-corrected chi connectivity index (χ4v) is 3.88. The zero-order chi connectivity index (χ0) is 20.7. The Morgan fingerprint density at radius 1 is 1.28 bits per heavy atom. The van der Waals surface area contributed by atoms with Gasteiger partial charge in [0.15, 0.2) is 11.3 Å². The largest absolute Gasteiger partial charge is 0.477 e. The van der Waals surface area contributed by atoms with Gasteiger partial charge in [0.25, 0.3) is 11.1 Å². The van der Waals surface area contributed by atoms with Gasteiger partial charge in [0.2, 0.25) is 0 Å². The molecule has 2 N–H and O–H groups in total. The topological polar surface area (TPSA) is 114 Å². The molecule has 1 fully saturated rings. The lowest BCUT2D eigenvalue weighted by atomic mass is 10.1. The minimum absolute atomic E-state index is 0.0615.